The maximum absolute atomic E-state index is 8.70. The van der Waals surface area contributed by atoms with Crippen LogP contribution in [0.4, 0.5) is 0 Å². The molecule has 0 saturated carbocycles. The van der Waals surface area contributed by atoms with E-state index in [0.717, 1.165) is 22.0 Å². The van der Waals surface area contributed by atoms with Crippen molar-refractivity contribution in [1.29, 1.82) is 0 Å². The zero-order chi connectivity index (χ0) is 11.6. The van der Waals surface area contributed by atoms with Crippen LogP contribution >= 0.6 is 47.0 Å². The Morgan fingerprint density at radius 3 is 1.62 bits per heavy atom. The molecule has 1 heterocycles. The van der Waals surface area contributed by atoms with Crippen LogP contribution in [-0.4, -0.2) is 68.4 Å². The Morgan fingerprint density at radius 1 is 0.875 bits per heavy atom. The van der Waals surface area contributed by atoms with Crippen LogP contribution in [0.2, 0.25) is 0 Å². The van der Waals surface area contributed by atoms with Gasteiger partial charge in [0.25, 0.3) is 0 Å². The summed E-state index contributed by atoms with van der Waals surface area (Å²) in [5.74, 6) is 6.58. The molecule has 2 unspecified atom stereocenters. The van der Waals surface area contributed by atoms with Gasteiger partial charge in [0.05, 0.1) is 13.2 Å². The Bertz CT molecular complexity index is 145. The van der Waals surface area contributed by atoms with Crippen LogP contribution in [0.25, 0.3) is 0 Å². The van der Waals surface area contributed by atoms with Crippen LogP contribution in [0.1, 0.15) is 0 Å². The molecule has 0 aromatic heterocycles. The van der Waals surface area contributed by atoms with Gasteiger partial charge in [-0.1, -0.05) is 0 Å². The van der Waals surface area contributed by atoms with E-state index in [9.17, 15) is 0 Å². The van der Waals surface area contributed by atoms with Crippen LogP contribution in [-0.2, 0) is 0 Å². The van der Waals surface area contributed by atoms with E-state index in [0.29, 0.717) is 13.2 Å². The fourth-order valence-electron chi connectivity index (χ4n) is 1.33. The second-order valence-corrected chi connectivity index (χ2v) is 8.47. The number of aliphatic hydroxyl groups is 2. The highest BCUT2D eigenvalue weighted by Crippen LogP contribution is 2.33. The molecule has 16 heavy (non-hydrogen) atoms. The minimum absolute atomic E-state index is 0.301. The highest BCUT2D eigenvalue weighted by molar-refractivity contribution is 8.09. The lowest BCUT2D eigenvalue weighted by molar-refractivity contribution is 0.322. The first-order valence-electron chi connectivity index (χ1n) is 5.47. The zero-order valence-corrected chi connectivity index (χ0v) is 12.6. The van der Waals surface area contributed by atoms with E-state index in [2.05, 4.69) is 23.5 Å². The number of aliphatic hydroxyl groups excluding tert-OH is 2. The van der Waals surface area contributed by atoms with Crippen molar-refractivity contribution in [2.75, 3.05) is 47.7 Å². The van der Waals surface area contributed by atoms with Gasteiger partial charge in [0, 0.05) is 45.0 Å². The van der Waals surface area contributed by atoms with Crippen molar-refractivity contribution in [1.82, 2.24) is 0 Å². The van der Waals surface area contributed by atoms with Crippen molar-refractivity contribution in [2.45, 2.75) is 10.5 Å². The lowest BCUT2D eigenvalue weighted by Gasteiger charge is -2.27. The number of hydrogen-bond acceptors (Lipinski definition) is 6. The molecule has 0 spiro atoms. The van der Waals surface area contributed by atoms with Gasteiger partial charge in [-0.2, -0.15) is 47.0 Å². The van der Waals surface area contributed by atoms with Crippen molar-refractivity contribution in [3.05, 3.63) is 0 Å². The first kappa shape index (κ1) is 15.4. The van der Waals surface area contributed by atoms with Gasteiger partial charge in [0.15, 0.2) is 0 Å². The molecule has 96 valence electrons. The Kier molecular flexibility index (Phi) is 9.86. The average molecular weight is 301 g/mol. The second kappa shape index (κ2) is 10.3. The molecule has 1 aliphatic rings. The third-order valence-electron chi connectivity index (χ3n) is 2.11. The summed E-state index contributed by atoms with van der Waals surface area (Å²) in [6.45, 7) is 0.602. The van der Waals surface area contributed by atoms with Gasteiger partial charge in [-0.15, -0.1) is 0 Å². The Labute approximate surface area is 115 Å². The quantitative estimate of drug-likeness (QED) is 0.664. The number of thioether (sulfide) groups is 4. The third-order valence-corrected chi connectivity index (χ3v) is 7.98. The molecular formula is C10H20O2S4. The van der Waals surface area contributed by atoms with Crippen molar-refractivity contribution in [2.24, 2.45) is 0 Å². The molecular weight excluding hydrogens is 280 g/mol. The molecule has 0 amide bonds. The van der Waals surface area contributed by atoms with Gasteiger partial charge in [-0.25, -0.2) is 0 Å². The van der Waals surface area contributed by atoms with Crippen molar-refractivity contribution in [3.63, 3.8) is 0 Å². The smallest absolute Gasteiger partial charge is 0.0521 e. The lowest BCUT2D eigenvalue weighted by atomic mass is 10.5. The summed E-state index contributed by atoms with van der Waals surface area (Å²) in [6.07, 6.45) is 0. The van der Waals surface area contributed by atoms with Crippen LogP contribution in [0.5, 0.6) is 0 Å². The Morgan fingerprint density at radius 2 is 1.31 bits per heavy atom. The van der Waals surface area contributed by atoms with E-state index in [4.69, 9.17) is 10.2 Å². The maximum atomic E-state index is 8.70. The molecule has 0 aliphatic carbocycles. The normalized spacial score (nSPS) is 25.9. The van der Waals surface area contributed by atoms with Gasteiger partial charge in [-0.3, -0.25) is 0 Å². The minimum atomic E-state index is 0.301. The summed E-state index contributed by atoms with van der Waals surface area (Å²) in [6, 6.07) is 0. The molecule has 0 aromatic carbocycles. The van der Waals surface area contributed by atoms with E-state index < -0.39 is 0 Å². The van der Waals surface area contributed by atoms with E-state index in [1.54, 1.807) is 0 Å². The molecule has 2 atom stereocenters. The van der Waals surface area contributed by atoms with Crippen molar-refractivity contribution < 1.29 is 10.2 Å². The van der Waals surface area contributed by atoms with E-state index in [1.807, 2.05) is 23.5 Å². The molecule has 2 nitrogen and oxygen atoms in total. The van der Waals surface area contributed by atoms with Gasteiger partial charge < -0.3 is 10.2 Å². The zero-order valence-electron chi connectivity index (χ0n) is 9.34. The summed E-state index contributed by atoms with van der Waals surface area (Å²) >= 11 is 7.88. The molecule has 0 aromatic rings. The van der Waals surface area contributed by atoms with E-state index in [1.165, 1.54) is 23.0 Å². The Hall–Kier alpha value is 1.32. The standard InChI is InChI=1S/C10H20O2S4/c11-1-3-13-5-9-7-16-10(8-15-9)6-14-4-2-12/h9-12H,1-8H2. The maximum Gasteiger partial charge on any atom is 0.0521 e. The van der Waals surface area contributed by atoms with Crippen LogP contribution in [0.15, 0.2) is 0 Å². The van der Waals surface area contributed by atoms with Crippen molar-refractivity contribution >= 4 is 47.0 Å². The van der Waals surface area contributed by atoms with Crippen LogP contribution < -0.4 is 0 Å². The first-order chi connectivity index (χ1) is 7.86. The molecule has 1 aliphatic heterocycles. The number of hydrogen-bond donors (Lipinski definition) is 2. The fraction of sp³-hybridized carbons (Fsp3) is 1.00. The largest absolute Gasteiger partial charge is 0.396 e. The second-order valence-electron chi connectivity index (χ2n) is 3.51. The molecule has 6 heteroatoms. The topological polar surface area (TPSA) is 40.5 Å². The number of rotatable bonds is 8. The van der Waals surface area contributed by atoms with Gasteiger partial charge in [-0.05, 0) is 0 Å². The third kappa shape index (κ3) is 6.91. The average Bonchev–Trinajstić information content (AvgIpc) is 2.32. The molecule has 1 saturated heterocycles. The summed E-state index contributed by atoms with van der Waals surface area (Å²) in [5.41, 5.74) is 0. The highest BCUT2D eigenvalue weighted by atomic mass is 32.2. The van der Waals surface area contributed by atoms with Crippen molar-refractivity contribution in [3.8, 4) is 0 Å². The summed E-state index contributed by atoms with van der Waals surface area (Å²) in [7, 11) is 0. The molecule has 1 rings (SSSR count). The van der Waals surface area contributed by atoms with Gasteiger partial charge >= 0.3 is 0 Å². The summed E-state index contributed by atoms with van der Waals surface area (Å²) in [5, 5.41) is 18.9. The predicted molar refractivity (Wildman–Crippen MR) is 81.3 cm³/mol. The monoisotopic (exact) mass is 300 g/mol. The predicted octanol–water partition coefficient (Wildman–Crippen LogP) is 1.65. The van der Waals surface area contributed by atoms with E-state index >= 15 is 0 Å². The van der Waals surface area contributed by atoms with Gasteiger partial charge in [0.1, 0.15) is 0 Å². The van der Waals surface area contributed by atoms with Crippen LogP contribution in [0.3, 0.4) is 0 Å². The molecule has 1 fully saturated rings. The highest BCUT2D eigenvalue weighted by Gasteiger charge is 2.21. The molecule has 2 N–H and O–H groups in total. The Balaban J connectivity index is 2.00. The van der Waals surface area contributed by atoms with Crippen LogP contribution in [0, 0.1) is 0 Å². The SMILES string of the molecule is OCCSCC1CSC(CSCCO)CS1. The van der Waals surface area contributed by atoms with Gasteiger partial charge in [0.2, 0.25) is 0 Å². The summed E-state index contributed by atoms with van der Waals surface area (Å²) in [4.78, 5) is 0. The minimum Gasteiger partial charge on any atom is -0.396 e. The fourth-order valence-corrected chi connectivity index (χ4v) is 6.78. The first-order valence-corrected chi connectivity index (χ1v) is 9.88. The lowest BCUT2D eigenvalue weighted by Crippen LogP contribution is -2.25. The molecule has 0 bridgehead atoms. The van der Waals surface area contributed by atoms with E-state index in [-0.39, 0.29) is 0 Å². The molecule has 0 radical (unpaired) electrons. The summed E-state index contributed by atoms with van der Waals surface area (Å²) < 4.78 is 0.